The van der Waals surface area contributed by atoms with Gasteiger partial charge in [0, 0.05) is 6.04 Å². The smallest absolute Gasteiger partial charge is 0.339 e. The first-order valence-electron chi connectivity index (χ1n) is 6.24. The Hall–Kier alpha value is -1.22. The molecule has 0 aliphatic rings. The fraction of sp³-hybridized carbons (Fsp3) is 0.500. The van der Waals surface area contributed by atoms with Gasteiger partial charge < -0.3 is 10.4 Å². The minimum absolute atomic E-state index is 0.148. The Bertz CT molecular complexity index is 420. The highest BCUT2D eigenvalue weighted by atomic mass is 35.5. The molecule has 0 radical (unpaired) electrons. The molecule has 100 valence electrons. The Morgan fingerprint density at radius 3 is 2.67 bits per heavy atom. The van der Waals surface area contributed by atoms with Gasteiger partial charge in [0.25, 0.3) is 0 Å². The van der Waals surface area contributed by atoms with E-state index in [9.17, 15) is 4.79 Å². The first-order valence-corrected chi connectivity index (χ1v) is 6.61. The summed E-state index contributed by atoms with van der Waals surface area (Å²) in [5, 5.41) is 12.7. The summed E-state index contributed by atoms with van der Waals surface area (Å²) >= 11 is 5.92. The molecule has 0 aliphatic carbocycles. The fourth-order valence-corrected chi connectivity index (χ4v) is 2.21. The number of hydrogen-bond donors (Lipinski definition) is 2. The second kappa shape index (κ2) is 6.64. The van der Waals surface area contributed by atoms with Crippen LogP contribution in [0.15, 0.2) is 18.2 Å². The highest BCUT2D eigenvalue weighted by Crippen LogP contribution is 2.25. The number of anilines is 1. The first kappa shape index (κ1) is 14.8. The number of carboxylic acid groups (broad SMARTS) is 1. The number of aromatic carboxylic acids is 1. The molecule has 0 heterocycles. The van der Waals surface area contributed by atoms with Crippen molar-refractivity contribution in [3.05, 3.63) is 28.8 Å². The number of carboxylic acids is 1. The number of nitrogens with one attached hydrogen (secondary N) is 1. The van der Waals surface area contributed by atoms with Gasteiger partial charge in [-0.2, -0.15) is 0 Å². The molecule has 3 nitrogen and oxygen atoms in total. The molecule has 0 spiro atoms. The van der Waals surface area contributed by atoms with E-state index < -0.39 is 5.97 Å². The van der Waals surface area contributed by atoms with Crippen molar-refractivity contribution >= 4 is 23.3 Å². The minimum Gasteiger partial charge on any atom is -0.478 e. The van der Waals surface area contributed by atoms with Crippen molar-refractivity contribution in [3.63, 3.8) is 0 Å². The summed E-state index contributed by atoms with van der Waals surface area (Å²) in [5.41, 5.74) is 0.737. The van der Waals surface area contributed by atoms with Crippen molar-refractivity contribution in [2.45, 2.75) is 39.7 Å². The van der Waals surface area contributed by atoms with Crippen molar-refractivity contribution in [1.82, 2.24) is 0 Å². The van der Waals surface area contributed by atoms with E-state index >= 15 is 0 Å². The molecule has 1 aromatic rings. The molecular weight excluding hydrogens is 250 g/mol. The maximum atomic E-state index is 11.2. The third kappa shape index (κ3) is 3.91. The first-order chi connectivity index (χ1) is 8.45. The average Bonchev–Trinajstić information content (AvgIpc) is 2.28. The predicted molar refractivity (Wildman–Crippen MR) is 75.6 cm³/mol. The Kier molecular flexibility index (Phi) is 5.48. The van der Waals surface area contributed by atoms with Gasteiger partial charge in [-0.25, -0.2) is 4.79 Å². The van der Waals surface area contributed by atoms with E-state index in [1.807, 2.05) is 0 Å². The molecule has 2 atom stereocenters. The van der Waals surface area contributed by atoms with Crippen molar-refractivity contribution in [3.8, 4) is 0 Å². The van der Waals surface area contributed by atoms with Crippen LogP contribution in [-0.2, 0) is 0 Å². The molecule has 1 rings (SSSR count). The number of benzene rings is 1. The molecule has 0 bridgehead atoms. The molecule has 0 saturated carbocycles. The molecule has 0 aromatic heterocycles. The van der Waals surface area contributed by atoms with E-state index in [1.54, 1.807) is 18.2 Å². The number of carbonyl (C=O) groups is 1. The van der Waals surface area contributed by atoms with Crippen LogP contribution in [0.4, 0.5) is 5.69 Å². The summed E-state index contributed by atoms with van der Waals surface area (Å²) in [4.78, 5) is 11.2. The predicted octanol–water partition coefficient (Wildman–Crippen LogP) is 4.27. The highest BCUT2D eigenvalue weighted by Gasteiger charge is 2.16. The van der Waals surface area contributed by atoms with Crippen LogP contribution in [0.1, 0.15) is 44.0 Å². The molecule has 18 heavy (non-hydrogen) atoms. The third-order valence-corrected chi connectivity index (χ3v) is 3.40. The van der Waals surface area contributed by atoms with Crippen LogP contribution >= 0.6 is 11.6 Å². The zero-order valence-corrected chi connectivity index (χ0v) is 11.8. The topological polar surface area (TPSA) is 49.3 Å². The summed E-state index contributed by atoms with van der Waals surface area (Å²) in [7, 11) is 0. The maximum absolute atomic E-state index is 11.2. The van der Waals surface area contributed by atoms with Gasteiger partial charge in [0.1, 0.15) is 5.56 Å². The van der Waals surface area contributed by atoms with E-state index in [2.05, 4.69) is 26.1 Å². The van der Waals surface area contributed by atoms with Crippen molar-refractivity contribution < 1.29 is 9.90 Å². The Labute approximate surface area is 113 Å². The van der Waals surface area contributed by atoms with Gasteiger partial charge >= 0.3 is 5.97 Å². The van der Waals surface area contributed by atoms with E-state index in [0.717, 1.165) is 12.8 Å². The SMILES string of the molecule is CCC(C)CC(C)Nc1cccc(Cl)c1C(=O)O. The molecule has 2 N–H and O–H groups in total. The summed E-state index contributed by atoms with van der Waals surface area (Å²) < 4.78 is 0. The molecule has 2 unspecified atom stereocenters. The summed E-state index contributed by atoms with van der Waals surface area (Å²) in [6.45, 7) is 6.40. The lowest BCUT2D eigenvalue weighted by molar-refractivity contribution is 0.0698. The zero-order valence-electron chi connectivity index (χ0n) is 11.0. The molecule has 4 heteroatoms. The van der Waals surface area contributed by atoms with Crippen LogP contribution in [0.2, 0.25) is 5.02 Å². The van der Waals surface area contributed by atoms with Crippen LogP contribution in [0, 0.1) is 5.92 Å². The molecule has 0 saturated heterocycles. The van der Waals surface area contributed by atoms with Crippen molar-refractivity contribution in [2.75, 3.05) is 5.32 Å². The number of rotatable bonds is 6. The lowest BCUT2D eigenvalue weighted by atomic mass is 10.00. The van der Waals surface area contributed by atoms with Crippen molar-refractivity contribution in [2.24, 2.45) is 5.92 Å². The van der Waals surface area contributed by atoms with E-state index in [4.69, 9.17) is 16.7 Å². The molecule has 0 fully saturated rings. The van der Waals surface area contributed by atoms with Crippen molar-refractivity contribution in [1.29, 1.82) is 0 Å². The molecule has 0 amide bonds. The second-order valence-corrected chi connectivity index (χ2v) is 5.17. The summed E-state index contributed by atoms with van der Waals surface area (Å²) in [5.74, 6) is -0.390. The number of hydrogen-bond acceptors (Lipinski definition) is 2. The van der Waals surface area contributed by atoms with E-state index in [1.165, 1.54) is 0 Å². The minimum atomic E-state index is -1.00. The lowest BCUT2D eigenvalue weighted by Gasteiger charge is -2.20. The Morgan fingerprint density at radius 1 is 1.44 bits per heavy atom. The van der Waals surface area contributed by atoms with Gasteiger partial charge in [-0.15, -0.1) is 0 Å². The molecule has 1 aromatic carbocycles. The summed E-state index contributed by atoms with van der Waals surface area (Å²) in [6, 6.07) is 5.32. The molecule has 0 aliphatic heterocycles. The monoisotopic (exact) mass is 269 g/mol. The quantitative estimate of drug-likeness (QED) is 0.811. The van der Waals surface area contributed by atoms with E-state index in [0.29, 0.717) is 11.6 Å². The Balaban J connectivity index is 2.84. The van der Waals surface area contributed by atoms with Gasteiger partial charge in [0.05, 0.1) is 10.7 Å². The van der Waals surface area contributed by atoms with Crippen LogP contribution < -0.4 is 5.32 Å². The zero-order chi connectivity index (χ0) is 13.7. The molecular formula is C14H20ClNO2. The maximum Gasteiger partial charge on any atom is 0.339 e. The largest absolute Gasteiger partial charge is 0.478 e. The fourth-order valence-electron chi connectivity index (χ4n) is 1.96. The highest BCUT2D eigenvalue weighted by molar-refractivity contribution is 6.34. The summed E-state index contributed by atoms with van der Waals surface area (Å²) in [6.07, 6.45) is 2.12. The van der Waals surface area contributed by atoms with Crippen LogP contribution in [0.5, 0.6) is 0 Å². The normalized spacial score (nSPS) is 14.0. The van der Waals surface area contributed by atoms with Gasteiger partial charge in [-0.1, -0.05) is 37.9 Å². The average molecular weight is 270 g/mol. The van der Waals surface area contributed by atoms with Gasteiger partial charge in [0.15, 0.2) is 0 Å². The van der Waals surface area contributed by atoms with Crippen LogP contribution in [-0.4, -0.2) is 17.1 Å². The van der Waals surface area contributed by atoms with E-state index in [-0.39, 0.29) is 16.6 Å². The third-order valence-electron chi connectivity index (χ3n) is 3.08. The van der Waals surface area contributed by atoms with Gasteiger partial charge in [-0.3, -0.25) is 0 Å². The van der Waals surface area contributed by atoms with Crippen LogP contribution in [0.3, 0.4) is 0 Å². The second-order valence-electron chi connectivity index (χ2n) is 4.76. The standard InChI is InChI=1S/C14H20ClNO2/c1-4-9(2)8-10(3)16-12-7-5-6-11(15)13(12)14(17)18/h5-7,9-10,16H,4,8H2,1-3H3,(H,17,18). The Morgan fingerprint density at radius 2 is 2.11 bits per heavy atom. The number of halogens is 1. The van der Waals surface area contributed by atoms with Gasteiger partial charge in [0.2, 0.25) is 0 Å². The lowest BCUT2D eigenvalue weighted by Crippen LogP contribution is -2.20. The van der Waals surface area contributed by atoms with Crippen LogP contribution in [0.25, 0.3) is 0 Å². The van der Waals surface area contributed by atoms with Gasteiger partial charge in [-0.05, 0) is 31.4 Å².